The van der Waals surface area contributed by atoms with E-state index in [2.05, 4.69) is 15.0 Å². The van der Waals surface area contributed by atoms with Gasteiger partial charge >= 0.3 is 6.36 Å². The Kier molecular flexibility index (Phi) is 8.10. The van der Waals surface area contributed by atoms with E-state index in [9.17, 15) is 22.8 Å². The summed E-state index contributed by atoms with van der Waals surface area (Å²) in [5, 5.41) is 2.89. The number of nitrogens with two attached hydrogens (primary N) is 1. The predicted octanol–water partition coefficient (Wildman–Crippen LogP) is 6.59. The molecule has 4 rings (SSSR count). The summed E-state index contributed by atoms with van der Waals surface area (Å²) in [6.45, 7) is 0. The Morgan fingerprint density at radius 2 is 1.65 bits per heavy atom. The summed E-state index contributed by atoms with van der Waals surface area (Å²) in [6.07, 6.45) is -3.72. The van der Waals surface area contributed by atoms with Gasteiger partial charge in [0.15, 0.2) is 11.5 Å². The number of aromatic nitrogens is 1. The van der Waals surface area contributed by atoms with Gasteiger partial charge in [-0.15, -0.1) is 13.2 Å². The molecule has 0 aliphatic heterocycles. The summed E-state index contributed by atoms with van der Waals surface area (Å²) in [7, 11) is 1.18. The fourth-order valence-corrected chi connectivity index (χ4v) is 3.70. The van der Waals surface area contributed by atoms with E-state index in [4.69, 9.17) is 26.8 Å². The van der Waals surface area contributed by atoms with Gasteiger partial charge in [-0.3, -0.25) is 14.6 Å². The van der Waals surface area contributed by atoms with Gasteiger partial charge in [-0.2, -0.15) is 0 Å². The molecule has 1 heterocycles. The lowest BCUT2D eigenvalue weighted by Gasteiger charge is -2.17. The maximum absolute atomic E-state index is 15.5. The number of methoxy groups -OCH3 is 1. The highest BCUT2D eigenvalue weighted by atomic mass is 35.5. The van der Waals surface area contributed by atoms with Gasteiger partial charge in [0, 0.05) is 23.0 Å². The fraction of sp³-hybridized carbons (Fsp3) is 0.0741. The molecule has 8 nitrogen and oxygen atoms in total. The number of halogens is 5. The molecule has 0 radical (unpaired) electrons. The van der Waals surface area contributed by atoms with Gasteiger partial charge < -0.3 is 25.3 Å². The number of amides is 2. The minimum Gasteiger partial charge on any atom is -0.493 e. The van der Waals surface area contributed by atoms with Gasteiger partial charge in [0.05, 0.1) is 7.11 Å². The third kappa shape index (κ3) is 6.77. The number of nitrogens with one attached hydrogen (secondary N) is 1. The second kappa shape index (κ2) is 11.5. The molecule has 0 atom stereocenters. The zero-order valence-corrected chi connectivity index (χ0v) is 21.1. The highest BCUT2D eigenvalue weighted by molar-refractivity contribution is 6.30. The molecule has 0 fully saturated rings. The van der Waals surface area contributed by atoms with Crippen LogP contribution in [0.2, 0.25) is 5.02 Å². The van der Waals surface area contributed by atoms with Crippen molar-refractivity contribution in [3.05, 3.63) is 95.0 Å². The average molecular weight is 576 g/mol. The van der Waals surface area contributed by atoms with Crippen molar-refractivity contribution in [1.82, 2.24) is 4.98 Å². The molecule has 0 bridgehead atoms. The predicted molar refractivity (Wildman–Crippen MR) is 137 cm³/mol. The van der Waals surface area contributed by atoms with E-state index in [0.29, 0.717) is 16.1 Å². The van der Waals surface area contributed by atoms with Crippen molar-refractivity contribution < 1.29 is 41.4 Å². The Bertz CT molecular complexity index is 1580. The normalized spacial score (nSPS) is 11.1. The minimum atomic E-state index is -4.95. The first kappa shape index (κ1) is 28.2. The molecular weight excluding hydrogens is 558 g/mol. The number of pyridine rings is 1. The minimum absolute atomic E-state index is 0.0900. The van der Waals surface area contributed by atoms with Crippen LogP contribution >= 0.6 is 11.6 Å². The molecule has 2 amide bonds. The number of hydrogen-bond acceptors (Lipinski definition) is 6. The van der Waals surface area contributed by atoms with Crippen LogP contribution in [0.4, 0.5) is 23.2 Å². The zero-order chi connectivity index (χ0) is 29.0. The van der Waals surface area contributed by atoms with Gasteiger partial charge in [0.2, 0.25) is 0 Å². The van der Waals surface area contributed by atoms with E-state index in [0.717, 1.165) is 24.3 Å². The summed E-state index contributed by atoms with van der Waals surface area (Å²) < 4.78 is 68.4. The Hall–Kier alpha value is -4.84. The van der Waals surface area contributed by atoms with E-state index in [1.165, 1.54) is 31.5 Å². The van der Waals surface area contributed by atoms with Crippen LogP contribution in [0.15, 0.2) is 72.9 Å². The summed E-state index contributed by atoms with van der Waals surface area (Å²) in [4.78, 5) is 28.5. The van der Waals surface area contributed by atoms with Gasteiger partial charge in [-0.25, -0.2) is 4.39 Å². The van der Waals surface area contributed by atoms with Crippen molar-refractivity contribution in [3.63, 3.8) is 0 Å². The van der Waals surface area contributed by atoms with Crippen molar-refractivity contribution in [2.75, 3.05) is 12.4 Å². The monoisotopic (exact) mass is 575 g/mol. The maximum Gasteiger partial charge on any atom is 0.573 e. The molecule has 0 spiro atoms. The number of rotatable bonds is 8. The van der Waals surface area contributed by atoms with Crippen molar-refractivity contribution in [1.29, 1.82) is 0 Å². The molecule has 13 heteroatoms. The second-order valence-corrected chi connectivity index (χ2v) is 8.49. The van der Waals surface area contributed by atoms with Crippen molar-refractivity contribution in [2.24, 2.45) is 5.73 Å². The number of anilines is 1. The van der Waals surface area contributed by atoms with Crippen molar-refractivity contribution in [2.45, 2.75) is 6.36 Å². The number of nitrogens with zero attached hydrogens (tertiary/aromatic N) is 1. The Morgan fingerprint density at radius 1 is 0.925 bits per heavy atom. The molecule has 0 saturated carbocycles. The third-order valence-electron chi connectivity index (χ3n) is 5.32. The van der Waals surface area contributed by atoms with Crippen LogP contribution in [0.5, 0.6) is 23.0 Å². The molecule has 1 aromatic heterocycles. The smallest absolute Gasteiger partial charge is 0.493 e. The summed E-state index contributed by atoms with van der Waals surface area (Å²) in [6, 6.07) is 14.4. The first-order chi connectivity index (χ1) is 18.9. The molecular formula is C27H18ClF4N3O5. The number of benzene rings is 3. The first-order valence-electron chi connectivity index (χ1n) is 11.2. The first-order valence-corrected chi connectivity index (χ1v) is 11.6. The largest absolute Gasteiger partial charge is 0.573 e. The van der Waals surface area contributed by atoms with Crippen LogP contribution in [0, 0.1) is 5.82 Å². The lowest BCUT2D eigenvalue weighted by molar-refractivity contribution is -0.274. The van der Waals surface area contributed by atoms with Crippen LogP contribution in [0.3, 0.4) is 0 Å². The van der Waals surface area contributed by atoms with E-state index in [-0.39, 0.29) is 28.6 Å². The van der Waals surface area contributed by atoms with Crippen LogP contribution in [-0.2, 0) is 0 Å². The molecule has 3 N–H and O–H groups in total. The summed E-state index contributed by atoms with van der Waals surface area (Å²) in [5.74, 6) is -4.01. The highest BCUT2D eigenvalue weighted by Crippen LogP contribution is 2.39. The standard InChI is InChI=1S/C27H18ClF4N3O5/c1-38-22-13-18(40-27(30,31)32)6-7-21(22)39-23-11-15(14-2-4-16(28)5-3-14)10-19(29)24(23)26(37)35-17-8-9-34-20(12-17)25(33)36/h2-13H,1H3,(H2,33,36)(H,34,35,37). The van der Waals surface area contributed by atoms with Gasteiger partial charge in [0.1, 0.15) is 28.6 Å². The van der Waals surface area contributed by atoms with Crippen LogP contribution in [0.25, 0.3) is 11.1 Å². The lowest BCUT2D eigenvalue weighted by atomic mass is 10.0. The number of carbonyl (C=O) groups is 2. The Morgan fingerprint density at radius 3 is 2.30 bits per heavy atom. The van der Waals surface area contributed by atoms with Crippen molar-refractivity contribution >= 4 is 29.1 Å². The number of hydrogen-bond donors (Lipinski definition) is 2. The topological polar surface area (TPSA) is 113 Å². The van der Waals surface area contributed by atoms with E-state index >= 15 is 4.39 Å². The fourth-order valence-electron chi connectivity index (χ4n) is 3.58. The number of alkyl halides is 3. The van der Waals surface area contributed by atoms with Crippen LogP contribution in [0.1, 0.15) is 20.8 Å². The third-order valence-corrected chi connectivity index (χ3v) is 5.57. The average Bonchev–Trinajstić information content (AvgIpc) is 2.89. The second-order valence-electron chi connectivity index (χ2n) is 8.05. The molecule has 206 valence electrons. The highest BCUT2D eigenvalue weighted by Gasteiger charge is 2.31. The molecule has 40 heavy (non-hydrogen) atoms. The summed E-state index contributed by atoms with van der Waals surface area (Å²) >= 11 is 5.95. The van der Waals surface area contributed by atoms with Gasteiger partial charge in [-0.05, 0) is 59.7 Å². The Labute approximate surface area is 229 Å². The Balaban J connectivity index is 1.78. The molecule has 0 saturated heterocycles. The molecule has 4 aromatic rings. The number of ether oxygens (including phenoxy) is 3. The SMILES string of the molecule is COc1cc(OC(F)(F)F)ccc1Oc1cc(-c2ccc(Cl)cc2)cc(F)c1C(=O)Nc1ccnc(C(N)=O)c1. The van der Waals surface area contributed by atoms with Crippen LogP contribution < -0.4 is 25.3 Å². The number of primary amides is 1. The quantitative estimate of drug-likeness (QED) is 0.229. The van der Waals surface area contributed by atoms with E-state index in [1.54, 1.807) is 24.3 Å². The van der Waals surface area contributed by atoms with E-state index < -0.39 is 35.3 Å². The summed E-state index contributed by atoms with van der Waals surface area (Å²) in [5.41, 5.74) is 5.46. The zero-order valence-electron chi connectivity index (χ0n) is 20.4. The lowest BCUT2D eigenvalue weighted by Crippen LogP contribution is -2.17. The molecule has 3 aromatic carbocycles. The molecule has 0 unspecified atom stereocenters. The van der Waals surface area contributed by atoms with Gasteiger partial charge in [0.25, 0.3) is 11.8 Å². The molecule has 0 aliphatic rings. The van der Waals surface area contributed by atoms with E-state index in [1.807, 2.05) is 0 Å². The number of carbonyl (C=O) groups excluding carboxylic acids is 2. The van der Waals surface area contributed by atoms with Crippen molar-refractivity contribution in [3.8, 4) is 34.1 Å². The maximum atomic E-state index is 15.5. The molecule has 0 aliphatic carbocycles. The van der Waals surface area contributed by atoms with Crippen LogP contribution in [-0.4, -0.2) is 30.3 Å². The van der Waals surface area contributed by atoms with Gasteiger partial charge in [-0.1, -0.05) is 23.7 Å².